The maximum absolute atomic E-state index is 11.2. The number of hydrogen-bond donors (Lipinski definition) is 1. The molecule has 0 radical (unpaired) electrons. The first-order valence-corrected chi connectivity index (χ1v) is 3.62. The van der Waals surface area contributed by atoms with Gasteiger partial charge in [0.25, 0.3) is 5.56 Å². The number of rotatable bonds is 1. The Morgan fingerprint density at radius 1 is 1.38 bits per heavy atom. The Morgan fingerprint density at radius 2 is 2.23 bits per heavy atom. The van der Waals surface area contributed by atoms with Crippen molar-refractivity contribution in [3.05, 3.63) is 39.8 Å². The highest BCUT2D eigenvalue weighted by Crippen LogP contribution is 2.15. The average molecular weight is 175 g/mol. The summed E-state index contributed by atoms with van der Waals surface area (Å²) in [5.41, 5.74) is 0.512. The fourth-order valence-corrected chi connectivity index (χ4v) is 1.11. The Morgan fingerprint density at radius 3 is 3.00 bits per heavy atom. The predicted octanol–water partition coefficient (Wildman–Crippen LogP) is 1.32. The van der Waals surface area contributed by atoms with Gasteiger partial charge in [-0.25, -0.2) is 4.98 Å². The first kappa shape index (κ1) is 7.60. The lowest BCUT2D eigenvalue weighted by molar-refractivity contribution is 1.17. The Kier molecular flexibility index (Phi) is 1.63. The lowest BCUT2D eigenvalue weighted by Crippen LogP contribution is -2.05. The molecule has 0 atom stereocenters. The number of aromatic nitrogens is 2. The molecule has 0 aliphatic heterocycles. The van der Waals surface area contributed by atoms with Crippen molar-refractivity contribution in [2.75, 3.05) is 0 Å². The van der Waals surface area contributed by atoms with Crippen LogP contribution in [0.25, 0.3) is 10.9 Å². The van der Waals surface area contributed by atoms with Crippen LogP contribution in [0.3, 0.4) is 0 Å². The van der Waals surface area contributed by atoms with Crippen LogP contribution in [0.4, 0.5) is 5.69 Å². The maximum atomic E-state index is 11.2. The lowest BCUT2D eigenvalue weighted by atomic mass is 10.2. The molecule has 1 heterocycles. The van der Waals surface area contributed by atoms with Gasteiger partial charge in [0.15, 0.2) is 0 Å². The highest BCUT2D eigenvalue weighted by atomic mass is 16.3. The van der Waals surface area contributed by atoms with Gasteiger partial charge in [0, 0.05) is 0 Å². The molecule has 0 aliphatic rings. The summed E-state index contributed by atoms with van der Waals surface area (Å²) in [6.45, 7) is 0. The van der Waals surface area contributed by atoms with Gasteiger partial charge < -0.3 is 4.98 Å². The van der Waals surface area contributed by atoms with E-state index in [2.05, 4.69) is 15.1 Å². The molecule has 0 amide bonds. The molecule has 1 aromatic heterocycles. The van der Waals surface area contributed by atoms with Gasteiger partial charge in [-0.15, -0.1) is 4.91 Å². The molecule has 64 valence electrons. The minimum absolute atomic E-state index is 0.228. The summed E-state index contributed by atoms with van der Waals surface area (Å²) in [6, 6.07) is 4.51. The zero-order chi connectivity index (χ0) is 9.26. The van der Waals surface area contributed by atoms with Crippen molar-refractivity contribution in [2.45, 2.75) is 0 Å². The third-order valence-electron chi connectivity index (χ3n) is 1.73. The van der Waals surface area contributed by atoms with Gasteiger partial charge >= 0.3 is 0 Å². The van der Waals surface area contributed by atoms with Gasteiger partial charge in [0.2, 0.25) is 0 Å². The van der Waals surface area contributed by atoms with Crippen molar-refractivity contribution in [2.24, 2.45) is 5.18 Å². The van der Waals surface area contributed by atoms with Crippen LogP contribution in [0.2, 0.25) is 0 Å². The van der Waals surface area contributed by atoms with Gasteiger partial charge in [-0.2, -0.15) is 0 Å². The van der Waals surface area contributed by atoms with Crippen molar-refractivity contribution in [1.29, 1.82) is 0 Å². The zero-order valence-corrected chi connectivity index (χ0v) is 6.52. The van der Waals surface area contributed by atoms with E-state index in [0.717, 1.165) is 0 Å². The number of benzene rings is 1. The molecule has 2 rings (SSSR count). The van der Waals surface area contributed by atoms with Crippen molar-refractivity contribution < 1.29 is 0 Å². The minimum Gasteiger partial charge on any atom is -0.313 e. The molecule has 0 saturated carbocycles. The second-order valence-electron chi connectivity index (χ2n) is 2.52. The summed E-state index contributed by atoms with van der Waals surface area (Å²) in [5.74, 6) is 0. The fraction of sp³-hybridized carbons (Fsp3) is 0. The van der Waals surface area contributed by atoms with Gasteiger partial charge in [0.1, 0.15) is 5.69 Å². The topological polar surface area (TPSA) is 75.2 Å². The number of nitrogens with zero attached hydrogens (tertiary/aromatic N) is 2. The third-order valence-corrected chi connectivity index (χ3v) is 1.73. The molecule has 13 heavy (non-hydrogen) atoms. The van der Waals surface area contributed by atoms with Gasteiger partial charge in [-0.05, 0) is 23.4 Å². The number of hydrogen-bond acceptors (Lipinski definition) is 4. The number of fused-ring (bicyclic) bond motifs is 1. The Labute approximate surface area is 72.4 Å². The lowest BCUT2D eigenvalue weighted by Gasteiger charge is -1.94. The number of nitroso groups, excluding NO2 is 1. The maximum Gasteiger partial charge on any atom is 0.258 e. The van der Waals surface area contributed by atoms with Gasteiger partial charge in [-0.3, -0.25) is 4.79 Å². The normalized spacial score (nSPS) is 10.2. The van der Waals surface area contributed by atoms with E-state index in [0.29, 0.717) is 10.9 Å². The van der Waals surface area contributed by atoms with E-state index in [9.17, 15) is 9.70 Å². The van der Waals surface area contributed by atoms with Crippen molar-refractivity contribution in [1.82, 2.24) is 9.97 Å². The standard InChI is InChI=1S/C8H5N3O2/c12-8-6-3-5(11-13)1-2-7(6)9-4-10-8/h1-4H,(H,9,10,12). The third kappa shape index (κ3) is 1.20. The second-order valence-corrected chi connectivity index (χ2v) is 2.52. The minimum atomic E-state index is -0.268. The largest absolute Gasteiger partial charge is 0.313 e. The molecular formula is C8H5N3O2. The van der Waals surface area contributed by atoms with Crippen LogP contribution in [0, 0.1) is 4.91 Å². The Hall–Kier alpha value is -2.04. The van der Waals surface area contributed by atoms with Gasteiger partial charge in [-0.1, -0.05) is 0 Å². The molecule has 2 aromatic rings. The summed E-state index contributed by atoms with van der Waals surface area (Å²) in [4.78, 5) is 27.7. The highest BCUT2D eigenvalue weighted by Gasteiger charge is 2.00. The molecule has 5 heteroatoms. The average Bonchev–Trinajstić information content (AvgIpc) is 2.18. The smallest absolute Gasteiger partial charge is 0.258 e. The molecule has 5 nitrogen and oxygen atoms in total. The van der Waals surface area contributed by atoms with Crippen molar-refractivity contribution in [3.8, 4) is 0 Å². The quantitative estimate of drug-likeness (QED) is 0.664. The van der Waals surface area contributed by atoms with Crippen LogP contribution in [-0.4, -0.2) is 9.97 Å². The second kappa shape index (κ2) is 2.78. The molecule has 0 fully saturated rings. The summed E-state index contributed by atoms with van der Waals surface area (Å²) >= 11 is 0. The summed E-state index contributed by atoms with van der Waals surface area (Å²) in [7, 11) is 0. The highest BCUT2D eigenvalue weighted by molar-refractivity contribution is 5.80. The zero-order valence-electron chi connectivity index (χ0n) is 6.52. The van der Waals surface area contributed by atoms with E-state index in [1.54, 1.807) is 6.07 Å². The van der Waals surface area contributed by atoms with Crippen LogP contribution in [-0.2, 0) is 0 Å². The predicted molar refractivity (Wildman–Crippen MR) is 47.8 cm³/mol. The Balaban J connectivity index is 2.90. The summed E-state index contributed by atoms with van der Waals surface area (Å²) in [5, 5.41) is 3.11. The van der Waals surface area contributed by atoms with E-state index in [1.165, 1.54) is 18.5 Å². The molecular weight excluding hydrogens is 170 g/mol. The number of nitrogens with one attached hydrogen (secondary N) is 1. The van der Waals surface area contributed by atoms with Crippen LogP contribution in [0.5, 0.6) is 0 Å². The first-order chi connectivity index (χ1) is 6.31. The first-order valence-electron chi connectivity index (χ1n) is 3.62. The van der Waals surface area contributed by atoms with Crippen LogP contribution in [0.15, 0.2) is 34.5 Å². The van der Waals surface area contributed by atoms with Gasteiger partial charge in [0.05, 0.1) is 17.2 Å². The summed E-state index contributed by atoms with van der Waals surface area (Å²) < 4.78 is 0. The van der Waals surface area contributed by atoms with E-state index in [1.807, 2.05) is 0 Å². The van der Waals surface area contributed by atoms with Crippen molar-refractivity contribution in [3.63, 3.8) is 0 Å². The molecule has 0 aliphatic carbocycles. The molecule has 0 bridgehead atoms. The molecule has 0 unspecified atom stereocenters. The fourth-order valence-electron chi connectivity index (χ4n) is 1.11. The van der Waals surface area contributed by atoms with E-state index in [4.69, 9.17) is 0 Å². The number of H-pyrrole nitrogens is 1. The van der Waals surface area contributed by atoms with E-state index in [-0.39, 0.29) is 11.2 Å². The molecule has 0 spiro atoms. The van der Waals surface area contributed by atoms with Crippen LogP contribution >= 0.6 is 0 Å². The number of aromatic amines is 1. The Bertz CT molecular complexity index is 518. The SMILES string of the molecule is O=Nc1ccc2nc[nH]c(=O)c2c1. The van der Waals surface area contributed by atoms with Crippen LogP contribution < -0.4 is 5.56 Å². The monoisotopic (exact) mass is 175 g/mol. The van der Waals surface area contributed by atoms with E-state index >= 15 is 0 Å². The van der Waals surface area contributed by atoms with Crippen LogP contribution in [0.1, 0.15) is 0 Å². The van der Waals surface area contributed by atoms with E-state index < -0.39 is 0 Å². The molecule has 1 aromatic carbocycles. The van der Waals surface area contributed by atoms with Crippen molar-refractivity contribution >= 4 is 16.6 Å². The molecule has 1 N–H and O–H groups in total. The summed E-state index contributed by atoms with van der Waals surface area (Å²) in [6.07, 6.45) is 1.32. The molecule has 0 saturated heterocycles.